The summed E-state index contributed by atoms with van der Waals surface area (Å²) in [6.07, 6.45) is -3.21. The van der Waals surface area contributed by atoms with E-state index in [1.807, 2.05) is 0 Å². The molecule has 1 aliphatic heterocycles. The van der Waals surface area contributed by atoms with E-state index in [2.05, 4.69) is 21.2 Å². The average molecular weight is 583 g/mol. The van der Waals surface area contributed by atoms with E-state index in [-0.39, 0.29) is 5.82 Å². The average Bonchev–Trinajstić information content (AvgIpc) is 3.41. The molecule has 40 heavy (non-hydrogen) atoms. The Hall–Kier alpha value is -3.12. The molecule has 0 aliphatic carbocycles. The van der Waals surface area contributed by atoms with Crippen LogP contribution in [0, 0.1) is 16.7 Å². The normalized spacial score (nSPS) is 25.1. The number of aliphatic hydroxyl groups excluding tert-OH is 1. The van der Waals surface area contributed by atoms with Gasteiger partial charge in [-0.15, -0.1) is 0 Å². The lowest BCUT2D eigenvalue weighted by Gasteiger charge is -2.25. The van der Waals surface area contributed by atoms with Crippen molar-refractivity contribution in [2.24, 2.45) is 5.41 Å². The van der Waals surface area contributed by atoms with Gasteiger partial charge in [-0.3, -0.25) is 13.8 Å². The van der Waals surface area contributed by atoms with Gasteiger partial charge in [-0.1, -0.05) is 0 Å². The quantitative estimate of drug-likeness (QED) is 0.240. The van der Waals surface area contributed by atoms with Crippen molar-refractivity contribution in [1.82, 2.24) is 19.7 Å². The minimum Gasteiger partial charge on any atom is -0.462 e. The summed E-state index contributed by atoms with van der Waals surface area (Å²) in [6, 6.07) is 4.25. The number of nitriles is 1. The van der Waals surface area contributed by atoms with Gasteiger partial charge in [-0.2, -0.15) is 10.4 Å². The summed E-state index contributed by atoms with van der Waals surface area (Å²) in [7, 11) is -4.39. The maximum atomic E-state index is 13.6. The fourth-order valence-corrected chi connectivity index (χ4v) is 5.50. The number of fused-ring (bicyclic) bond motifs is 1. The van der Waals surface area contributed by atoms with Gasteiger partial charge < -0.3 is 25.1 Å². The van der Waals surface area contributed by atoms with Gasteiger partial charge >= 0.3 is 19.7 Å². The fraction of sp³-hybridized carbons (Fsp3) is 0.625. The first kappa shape index (κ1) is 31.4. The number of anilines is 1. The lowest BCUT2D eigenvalue weighted by molar-refractivity contribution is -0.150. The molecule has 3 rings (SSSR count). The van der Waals surface area contributed by atoms with Gasteiger partial charge in [-0.25, -0.2) is 23.9 Å². The molecule has 1 saturated heterocycles. The molecular formula is C24H35N6O9P. The van der Waals surface area contributed by atoms with E-state index in [9.17, 15) is 24.5 Å². The van der Waals surface area contributed by atoms with Gasteiger partial charge in [-0.05, 0) is 53.7 Å². The molecule has 2 aromatic rings. The van der Waals surface area contributed by atoms with Crippen molar-refractivity contribution in [1.29, 1.82) is 5.26 Å². The lowest BCUT2D eigenvalue weighted by Crippen LogP contribution is -2.39. The number of aromatic nitrogens is 3. The van der Waals surface area contributed by atoms with Crippen LogP contribution >= 0.6 is 7.75 Å². The highest BCUT2D eigenvalue weighted by atomic mass is 31.2. The van der Waals surface area contributed by atoms with Crippen LogP contribution in [0.5, 0.6) is 0 Å². The van der Waals surface area contributed by atoms with Crippen molar-refractivity contribution in [2.45, 2.75) is 78.1 Å². The first-order valence-corrected chi connectivity index (χ1v) is 14.1. The number of aliphatic hydroxyl groups is 1. The molecule has 1 aliphatic rings. The predicted molar refractivity (Wildman–Crippen MR) is 139 cm³/mol. The van der Waals surface area contributed by atoms with Crippen LogP contribution in [-0.2, 0) is 37.4 Å². The molecule has 16 heteroatoms. The van der Waals surface area contributed by atoms with Crippen molar-refractivity contribution >= 4 is 31.0 Å². The molecule has 220 valence electrons. The van der Waals surface area contributed by atoms with E-state index in [4.69, 9.17) is 29.0 Å². The zero-order valence-corrected chi connectivity index (χ0v) is 24.0. The number of esters is 2. The number of rotatable bonds is 12. The van der Waals surface area contributed by atoms with Crippen LogP contribution in [0.15, 0.2) is 18.5 Å². The minimum atomic E-state index is -4.39. The van der Waals surface area contributed by atoms with Gasteiger partial charge in [0, 0.05) is 0 Å². The van der Waals surface area contributed by atoms with Crippen molar-refractivity contribution in [3.8, 4) is 6.07 Å². The van der Waals surface area contributed by atoms with Gasteiger partial charge in [0.2, 0.25) is 0 Å². The molecule has 0 radical (unpaired) electrons. The lowest BCUT2D eigenvalue weighted by atomic mass is 9.79. The first-order valence-electron chi connectivity index (χ1n) is 12.6. The molecule has 1 fully saturated rings. The molecule has 0 aromatic carbocycles. The summed E-state index contributed by atoms with van der Waals surface area (Å²) in [5.74, 6) is -1.33. The SMILES string of the molecule is CC(C)OC(=O)CO[P@@](=O)(N[C@@H](C)C(=O)OC(C)C)OC[C@H]1O[C@@H](c2ccc3c(N)ncnn23)[C@](C)(C#N)[C@@H]1O. The minimum absolute atomic E-state index is 0.212. The van der Waals surface area contributed by atoms with Gasteiger partial charge in [0.1, 0.15) is 41.6 Å². The van der Waals surface area contributed by atoms with E-state index in [0.717, 1.165) is 0 Å². The van der Waals surface area contributed by atoms with Gasteiger partial charge in [0.15, 0.2) is 12.4 Å². The summed E-state index contributed by atoms with van der Waals surface area (Å²) < 4.78 is 42.0. The molecule has 0 bridgehead atoms. The van der Waals surface area contributed by atoms with Crippen LogP contribution in [0.25, 0.3) is 5.52 Å². The van der Waals surface area contributed by atoms with E-state index in [1.165, 1.54) is 24.7 Å². The van der Waals surface area contributed by atoms with Crippen LogP contribution in [0.4, 0.5) is 5.82 Å². The Kier molecular flexibility index (Phi) is 9.89. The van der Waals surface area contributed by atoms with Crippen molar-refractivity contribution in [3.63, 3.8) is 0 Å². The maximum Gasteiger partial charge on any atom is 0.406 e. The van der Waals surface area contributed by atoms with E-state index >= 15 is 0 Å². The molecule has 0 saturated carbocycles. The second-order valence-electron chi connectivity index (χ2n) is 10.0. The predicted octanol–water partition coefficient (Wildman–Crippen LogP) is 1.66. The van der Waals surface area contributed by atoms with Gasteiger partial charge in [0.25, 0.3) is 0 Å². The molecule has 0 unspecified atom stereocenters. The zero-order valence-electron chi connectivity index (χ0n) is 23.1. The molecule has 3 heterocycles. The Morgan fingerprint density at radius 2 is 1.93 bits per heavy atom. The number of nitrogens with one attached hydrogen (secondary N) is 1. The van der Waals surface area contributed by atoms with E-state index in [0.29, 0.717) is 11.2 Å². The standard InChI is InChI=1S/C24H35N6O9P/c1-13(2)37-19(31)10-36-40(34,29-15(5)23(33)38-14(3)4)35-9-18-20(32)24(6,11-25)21(39-18)16-7-8-17-22(26)27-12-28-30(16)17/h7-8,12-15,18,20-21,32H,9-10H2,1-6H3,(H,29,34)(H2,26,27,28)/t15-,18+,20+,21-,24+,40+/m0/s1. The molecule has 0 amide bonds. The number of ether oxygens (including phenoxy) is 3. The number of nitrogens with zero attached hydrogens (tertiary/aromatic N) is 4. The topological polar surface area (TPSA) is 210 Å². The van der Waals surface area contributed by atoms with E-state index < -0.39 is 74.9 Å². The number of hydrogen-bond donors (Lipinski definition) is 3. The number of nitrogen functional groups attached to an aromatic ring is 1. The molecule has 6 atom stereocenters. The van der Waals surface area contributed by atoms with Crippen LogP contribution in [0.2, 0.25) is 0 Å². The second kappa shape index (κ2) is 12.6. The molecule has 2 aromatic heterocycles. The Balaban J connectivity index is 1.81. The summed E-state index contributed by atoms with van der Waals surface area (Å²) in [5, 5.41) is 27.7. The van der Waals surface area contributed by atoms with Crippen LogP contribution in [0.3, 0.4) is 0 Å². The Labute approximate surface area is 231 Å². The Morgan fingerprint density at radius 1 is 1.25 bits per heavy atom. The zero-order chi connectivity index (χ0) is 29.8. The molecule has 0 spiro atoms. The highest BCUT2D eigenvalue weighted by molar-refractivity contribution is 7.51. The third-order valence-electron chi connectivity index (χ3n) is 6.03. The van der Waals surface area contributed by atoms with Crippen LogP contribution < -0.4 is 10.8 Å². The molecule has 15 nitrogen and oxygen atoms in total. The third kappa shape index (κ3) is 6.95. The molecular weight excluding hydrogens is 547 g/mol. The number of nitrogens with two attached hydrogens (primary N) is 1. The number of hydrogen-bond acceptors (Lipinski definition) is 13. The number of carbonyl (C=O) groups is 2. The molecule has 4 N–H and O–H groups in total. The summed E-state index contributed by atoms with van der Waals surface area (Å²) >= 11 is 0. The third-order valence-corrected chi connectivity index (χ3v) is 7.69. The van der Waals surface area contributed by atoms with Crippen LogP contribution in [-0.4, -0.2) is 75.3 Å². The summed E-state index contributed by atoms with van der Waals surface area (Å²) in [5.41, 5.74) is 5.35. The highest BCUT2D eigenvalue weighted by Gasteiger charge is 2.55. The van der Waals surface area contributed by atoms with Gasteiger partial charge in [0.05, 0.1) is 30.6 Å². The largest absolute Gasteiger partial charge is 0.462 e. The smallest absolute Gasteiger partial charge is 0.406 e. The van der Waals surface area contributed by atoms with Crippen LogP contribution in [0.1, 0.15) is 53.3 Å². The number of carbonyl (C=O) groups excluding carboxylic acids is 2. The summed E-state index contributed by atoms with van der Waals surface area (Å²) in [6.45, 7) is 8.16. The van der Waals surface area contributed by atoms with Crippen molar-refractivity contribution < 1.29 is 42.5 Å². The monoisotopic (exact) mass is 582 g/mol. The van der Waals surface area contributed by atoms with Crippen molar-refractivity contribution in [3.05, 3.63) is 24.2 Å². The second-order valence-corrected chi connectivity index (χ2v) is 11.8. The van der Waals surface area contributed by atoms with E-state index in [1.54, 1.807) is 39.8 Å². The van der Waals surface area contributed by atoms with Crippen molar-refractivity contribution in [2.75, 3.05) is 18.9 Å². The highest BCUT2D eigenvalue weighted by Crippen LogP contribution is 2.50. The fourth-order valence-electron chi connectivity index (χ4n) is 4.08. The first-order chi connectivity index (χ1) is 18.7. The maximum absolute atomic E-state index is 13.6. The Bertz CT molecular complexity index is 1310. The summed E-state index contributed by atoms with van der Waals surface area (Å²) in [4.78, 5) is 28.3. The Morgan fingerprint density at radius 3 is 2.55 bits per heavy atom.